The predicted octanol–water partition coefficient (Wildman–Crippen LogP) is 2.34. The molecule has 0 spiro atoms. The van der Waals surface area contributed by atoms with Crippen LogP contribution in [0, 0.1) is 5.92 Å². The summed E-state index contributed by atoms with van der Waals surface area (Å²) in [5.74, 6) is -0.487. The van der Waals surface area contributed by atoms with Crippen LogP contribution in [0.2, 0.25) is 0 Å². The second kappa shape index (κ2) is 6.87. The zero-order valence-electron chi connectivity index (χ0n) is 15.7. The second-order valence-electron chi connectivity index (χ2n) is 7.94. The summed E-state index contributed by atoms with van der Waals surface area (Å²) >= 11 is 0. The molecular formula is C20H26N4O3. The molecule has 4 amide bonds. The molecule has 3 aliphatic rings. The summed E-state index contributed by atoms with van der Waals surface area (Å²) in [4.78, 5) is 40.5. The third-order valence-electron chi connectivity index (χ3n) is 5.87. The fourth-order valence-electron chi connectivity index (χ4n) is 4.05. The van der Waals surface area contributed by atoms with E-state index in [1.165, 1.54) is 19.3 Å². The smallest absolute Gasteiger partial charge is 0.325 e. The molecule has 2 heterocycles. The number of nitrogens with one attached hydrogen (secondary N) is 2. The van der Waals surface area contributed by atoms with E-state index in [0.717, 1.165) is 36.5 Å². The molecule has 0 bridgehead atoms. The van der Waals surface area contributed by atoms with Gasteiger partial charge < -0.3 is 15.5 Å². The summed E-state index contributed by atoms with van der Waals surface area (Å²) in [5, 5.41) is 5.54. The summed E-state index contributed by atoms with van der Waals surface area (Å²) in [7, 11) is 0. The molecule has 0 unspecified atom stereocenters. The topological polar surface area (TPSA) is 81.8 Å². The number of carbonyl (C=O) groups is 3. The monoisotopic (exact) mass is 370 g/mol. The van der Waals surface area contributed by atoms with Gasteiger partial charge in [-0.05, 0) is 69.2 Å². The number of hydrogen-bond donors (Lipinski definition) is 2. The third-order valence-corrected chi connectivity index (χ3v) is 5.87. The summed E-state index contributed by atoms with van der Waals surface area (Å²) in [6.45, 7) is 3.62. The summed E-state index contributed by atoms with van der Waals surface area (Å²) in [6.07, 6.45) is 5.58. The number of imide groups is 1. The van der Waals surface area contributed by atoms with Gasteiger partial charge >= 0.3 is 6.03 Å². The molecule has 7 heteroatoms. The van der Waals surface area contributed by atoms with E-state index in [2.05, 4.69) is 15.5 Å². The Morgan fingerprint density at radius 1 is 1.15 bits per heavy atom. The highest BCUT2D eigenvalue weighted by Gasteiger charge is 2.56. The fourth-order valence-corrected chi connectivity index (χ4v) is 4.05. The van der Waals surface area contributed by atoms with Crippen molar-refractivity contribution in [3.05, 3.63) is 24.3 Å². The second-order valence-corrected chi connectivity index (χ2v) is 7.94. The predicted molar refractivity (Wildman–Crippen MR) is 103 cm³/mol. The quantitative estimate of drug-likeness (QED) is 0.780. The highest BCUT2D eigenvalue weighted by molar-refractivity contribution is 6.10. The molecule has 0 aromatic heterocycles. The van der Waals surface area contributed by atoms with Crippen LogP contribution in [-0.4, -0.2) is 47.9 Å². The number of anilines is 2. The molecule has 3 fully saturated rings. The first kappa shape index (κ1) is 17.8. The first-order chi connectivity index (χ1) is 13.0. The molecule has 2 N–H and O–H groups in total. The number of amides is 4. The van der Waals surface area contributed by atoms with E-state index in [0.29, 0.717) is 5.69 Å². The molecule has 7 nitrogen and oxygen atoms in total. The number of rotatable bonds is 5. The van der Waals surface area contributed by atoms with Gasteiger partial charge in [-0.2, -0.15) is 0 Å². The lowest BCUT2D eigenvalue weighted by Crippen LogP contribution is -2.46. The van der Waals surface area contributed by atoms with Crippen LogP contribution in [0.15, 0.2) is 24.3 Å². The minimum atomic E-state index is -0.854. The molecular weight excluding hydrogens is 344 g/mol. The van der Waals surface area contributed by atoms with E-state index < -0.39 is 11.6 Å². The maximum absolute atomic E-state index is 12.6. The number of piperidine rings is 1. The van der Waals surface area contributed by atoms with Crippen LogP contribution in [0.5, 0.6) is 0 Å². The van der Waals surface area contributed by atoms with Gasteiger partial charge in [0.05, 0.1) is 0 Å². The van der Waals surface area contributed by atoms with Crippen LogP contribution in [0.4, 0.5) is 16.2 Å². The molecule has 1 aromatic carbocycles. The van der Waals surface area contributed by atoms with Crippen LogP contribution in [0.25, 0.3) is 0 Å². The Morgan fingerprint density at radius 3 is 2.44 bits per heavy atom. The lowest BCUT2D eigenvalue weighted by atomic mass is 9.96. The molecule has 27 heavy (non-hydrogen) atoms. The molecule has 1 aromatic rings. The molecule has 1 atom stereocenters. The van der Waals surface area contributed by atoms with Crippen molar-refractivity contribution < 1.29 is 14.4 Å². The Bertz CT molecular complexity index is 753. The highest BCUT2D eigenvalue weighted by atomic mass is 16.2. The van der Waals surface area contributed by atoms with Crippen LogP contribution < -0.4 is 15.5 Å². The van der Waals surface area contributed by atoms with Crippen molar-refractivity contribution in [2.24, 2.45) is 5.92 Å². The Labute approximate surface area is 159 Å². The van der Waals surface area contributed by atoms with Crippen LogP contribution >= 0.6 is 0 Å². The van der Waals surface area contributed by atoms with E-state index >= 15 is 0 Å². The third kappa shape index (κ3) is 3.50. The zero-order valence-corrected chi connectivity index (χ0v) is 15.7. The van der Waals surface area contributed by atoms with Crippen LogP contribution in [-0.2, 0) is 9.59 Å². The van der Waals surface area contributed by atoms with Gasteiger partial charge in [0.25, 0.3) is 5.91 Å². The van der Waals surface area contributed by atoms with Crippen molar-refractivity contribution in [2.75, 3.05) is 29.9 Å². The first-order valence-electron chi connectivity index (χ1n) is 9.76. The maximum Gasteiger partial charge on any atom is 0.325 e. The standard InChI is InChI=1S/C20H26N4O3/c1-20(14-5-6-14)18(26)24(19(27)22-20)13-17(25)21-15-7-9-16(10-8-15)23-11-3-2-4-12-23/h7-10,14H,2-6,11-13H2,1H3,(H,21,25)(H,22,27)/t20-/m0/s1. The van der Waals surface area contributed by atoms with Gasteiger partial charge in [0.2, 0.25) is 5.91 Å². The van der Waals surface area contributed by atoms with Gasteiger partial charge in [-0.25, -0.2) is 4.79 Å². The molecule has 144 valence electrons. The Kier molecular flexibility index (Phi) is 4.53. The molecule has 1 aliphatic carbocycles. The number of carbonyl (C=O) groups excluding carboxylic acids is 3. The average Bonchev–Trinajstić information content (AvgIpc) is 3.49. The van der Waals surface area contributed by atoms with Gasteiger partial charge in [-0.15, -0.1) is 0 Å². The largest absolute Gasteiger partial charge is 0.372 e. The fraction of sp³-hybridized carbons (Fsp3) is 0.550. The first-order valence-corrected chi connectivity index (χ1v) is 9.76. The summed E-state index contributed by atoms with van der Waals surface area (Å²) < 4.78 is 0. The Morgan fingerprint density at radius 2 is 1.81 bits per heavy atom. The van der Waals surface area contributed by atoms with Gasteiger partial charge in [0.1, 0.15) is 12.1 Å². The lowest BCUT2D eigenvalue weighted by molar-refractivity contribution is -0.134. The minimum Gasteiger partial charge on any atom is -0.372 e. The van der Waals surface area contributed by atoms with Crippen molar-refractivity contribution in [3.8, 4) is 0 Å². The van der Waals surface area contributed by atoms with Gasteiger partial charge in [-0.1, -0.05) is 0 Å². The van der Waals surface area contributed by atoms with E-state index in [1.807, 2.05) is 24.3 Å². The zero-order chi connectivity index (χ0) is 19.0. The van der Waals surface area contributed by atoms with E-state index in [4.69, 9.17) is 0 Å². The maximum atomic E-state index is 12.6. The average molecular weight is 370 g/mol. The SMILES string of the molecule is C[C@@]1(C2CC2)NC(=O)N(CC(=O)Nc2ccc(N3CCCCC3)cc2)C1=O. The normalized spacial score (nSPS) is 25.5. The van der Waals surface area contributed by atoms with E-state index in [9.17, 15) is 14.4 Å². The number of nitrogens with zero attached hydrogens (tertiary/aromatic N) is 2. The molecule has 0 radical (unpaired) electrons. The van der Waals surface area contributed by atoms with E-state index in [-0.39, 0.29) is 24.3 Å². The molecule has 4 rings (SSSR count). The number of hydrogen-bond acceptors (Lipinski definition) is 4. The van der Waals surface area contributed by atoms with Gasteiger partial charge in [0, 0.05) is 24.5 Å². The molecule has 2 saturated heterocycles. The highest BCUT2D eigenvalue weighted by Crippen LogP contribution is 2.42. The van der Waals surface area contributed by atoms with Crippen LogP contribution in [0.3, 0.4) is 0 Å². The number of urea groups is 1. The summed E-state index contributed by atoms with van der Waals surface area (Å²) in [6, 6.07) is 7.24. The molecule has 2 aliphatic heterocycles. The minimum absolute atomic E-state index is 0.185. The lowest BCUT2D eigenvalue weighted by Gasteiger charge is -2.28. The summed E-state index contributed by atoms with van der Waals surface area (Å²) in [5.41, 5.74) is 0.966. The number of benzene rings is 1. The Balaban J connectivity index is 1.35. The van der Waals surface area contributed by atoms with Gasteiger partial charge in [-0.3, -0.25) is 14.5 Å². The molecule has 1 saturated carbocycles. The van der Waals surface area contributed by atoms with Gasteiger partial charge in [0.15, 0.2) is 0 Å². The van der Waals surface area contributed by atoms with Crippen molar-refractivity contribution in [1.29, 1.82) is 0 Å². The van der Waals surface area contributed by atoms with E-state index in [1.54, 1.807) is 6.92 Å². The van der Waals surface area contributed by atoms with Crippen molar-refractivity contribution >= 4 is 29.2 Å². The Hall–Kier alpha value is -2.57. The van der Waals surface area contributed by atoms with Crippen molar-refractivity contribution in [1.82, 2.24) is 10.2 Å². The van der Waals surface area contributed by atoms with Crippen LogP contribution in [0.1, 0.15) is 39.0 Å². The van der Waals surface area contributed by atoms with Crippen molar-refractivity contribution in [2.45, 2.75) is 44.6 Å². The van der Waals surface area contributed by atoms with Crippen molar-refractivity contribution in [3.63, 3.8) is 0 Å².